The molecule has 1 amide bonds. The number of carbonyl (C=O) groups is 1. The Bertz CT molecular complexity index is 432. The number of carbonyl (C=O) groups excluding carboxylic acids is 1. The van der Waals surface area contributed by atoms with Crippen molar-refractivity contribution in [1.29, 1.82) is 0 Å². The van der Waals surface area contributed by atoms with Crippen LogP contribution in [0.1, 0.15) is 32.0 Å². The SMILES string of the molecule is CCC(=O)N[C@H](C)c1cccc(N2CCSCC2)n1. The number of aromatic nitrogens is 1. The second kappa shape index (κ2) is 6.80. The highest BCUT2D eigenvalue weighted by atomic mass is 32.2. The molecule has 5 heteroatoms. The maximum absolute atomic E-state index is 11.4. The molecular formula is C14H21N3OS. The van der Waals surface area contributed by atoms with Crippen LogP contribution in [-0.2, 0) is 4.79 Å². The maximum Gasteiger partial charge on any atom is 0.220 e. The Morgan fingerprint density at radius 2 is 2.21 bits per heavy atom. The largest absolute Gasteiger partial charge is 0.355 e. The number of anilines is 1. The topological polar surface area (TPSA) is 45.2 Å². The Hall–Kier alpha value is -1.23. The lowest BCUT2D eigenvalue weighted by atomic mass is 10.2. The van der Waals surface area contributed by atoms with Gasteiger partial charge in [-0.2, -0.15) is 11.8 Å². The van der Waals surface area contributed by atoms with Crippen molar-refractivity contribution in [2.45, 2.75) is 26.3 Å². The van der Waals surface area contributed by atoms with Gasteiger partial charge >= 0.3 is 0 Å². The van der Waals surface area contributed by atoms with Crippen molar-refractivity contribution in [2.75, 3.05) is 29.5 Å². The summed E-state index contributed by atoms with van der Waals surface area (Å²) in [6, 6.07) is 6.01. The molecule has 0 saturated carbocycles. The minimum Gasteiger partial charge on any atom is -0.355 e. The number of nitrogens with zero attached hydrogens (tertiary/aromatic N) is 2. The van der Waals surface area contributed by atoms with Crippen LogP contribution >= 0.6 is 11.8 Å². The maximum atomic E-state index is 11.4. The number of rotatable bonds is 4. The van der Waals surface area contributed by atoms with E-state index in [0.717, 1.165) is 36.1 Å². The van der Waals surface area contributed by atoms with E-state index in [4.69, 9.17) is 0 Å². The minimum atomic E-state index is -0.0356. The first-order valence-electron chi connectivity index (χ1n) is 6.79. The highest BCUT2D eigenvalue weighted by Crippen LogP contribution is 2.19. The van der Waals surface area contributed by atoms with Crippen LogP contribution in [0.3, 0.4) is 0 Å². The molecule has 1 atom stereocenters. The summed E-state index contributed by atoms with van der Waals surface area (Å²) in [5, 5.41) is 2.95. The Kier molecular flexibility index (Phi) is 5.07. The second-order valence-electron chi connectivity index (χ2n) is 4.66. The number of pyridine rings is 1. The van der Waals surface area contributed by atoms with Crippen LogP contribution in [-0.4, -0.2) is 35.5 Å². The van der Waals surface area contributed by atoms with Crippen LogP contribution in [0.2, 0.25) is 0 Å². The lowest BCUT2D eigenvalue weighted by Crippen LogP contribution is -2.33. The molecule has 1 aliphatic heterocycles. The molecule has 1 aromatic heterocycles. The molecular weight excluding hydrogens is 258 g/mol. The molecule has 0 radical (unpaired) electrons. The van der Waals surface area contributed by atoms with Crippen molar-refractivity contribution < 1.29 is 4.79 Å². The van der Waals surface area contributed by atoms with Gasteiger partial charge in [0, 0.05) is 31.0 Å². The van der Waals surface area contributed by atoms with Gasteiger partial charge in [0.2, 0.25) is 5.91 Å². The fourth-order valence-electron chi connectivity index (χ4n) is 2.07. The van der Waals surface area contributed by atoms with E-state index in [1.165, 1.54) is 0 Å². The molecule has 2 rings (SSSR count). The molecule has 0 spiro atoms. The highest BCUT2D eigenvalue weighted by Gasteiger charge is 2.15. The normalized spacial score (nSPS) is 17.1. The Balaban J connectivity index is 2.07. The molecule has 104 valence electrons. The zero-order valence-corrected chi connectivity index (χ0v) is 12.4. The molecule has 0 bridgehead atoms. The van der Waals surface area contributed by atoms with E-state index in [1.54, 1.807) is 0 Å². The quantitative estimate of drug-likeness (QED) is 0.918. The molecule has 0 aliphatic carbocycles. The van der Waals surface area contributed by atoms with Gasteiger partial charge in [-0.25, -0.2) is 4.98 Å². The first kappa shape index (κ1) is 14.2. The summed E-state index contributed by atoms with van der Waals surface area (Å²) in [4.78, 5) is 18.4. The van der Waals surface area contributed by atoms with Crippen LogP contribution in [0.25, 0.3) is 0 Å². The average Bonchev–Trinajstić information content (AvgIpc) is 2.48. The Morgan fingerprint density at radius 1 is 1.47 bits per heavy atom. The predicted octanol–water partition coefficient (Wildman–Crippen LogP) is 2.22. The summed E-state index contributed by atoms with van der Waals surface area (Å²) in [6.45, 7) is 5.94. The van der Waals surface area contributed by atoms with Crippen molar-refractivity contribution in [3.8, 4) is 0 Å². The monoisotopic (exact) mass is 279 g/mol. The van der Waals surface area contributed by atoms with Gasteiger partial charge in [-0.1, -0.05) is 13.0 Å². The number of amides is 1. The molecule has 1 saturated heterocycles. The summed E-state index contributed by atoms with van der Waals surface area (Å²) in [6.07, 6.45) is 0.507. The Morgan fingerprint density at radius 3 is 2.89 bits per heavy atom. The molecule has 19 heavy (non-hydrogen) atoms. The van der Waals surface area contributed by atoms with Crippen LogP contribution in [0, 0.1) is 0 Å². The number of hydrogen-bond acceptors (Lipinski definition) is 4. The van der Waals surface area contributed by atoms with Gasteiger partial charge in [0.1, 0.15) is 5.82 Å². The van der Waals surface area contributed by atoms with Crippen molar-refractivity contribution >= 4 is 23.5 Å². The van der Waals surface area contributed by atoms with E-state index in [0.29, 0.717) is 6.42 Å². The standard InChI is InChI=1S/C14H21N3OS/c1-3-14(18)15-11(2)12-5-4-6-13(16-12)17-7-9-19-10-8-17/h4-6,11H,3,7-10H2,1-2H3,(H,15,18)/t11-/m1/s1. The lowest BCUT2D eigenvalue weighted by Gasteiger charge is -2.28. The zero-order valence-electron chi connectivity index (χ0n) is 11.6. The third-order valence-electron chi connectivity index (χ3n) is 3.23. The fraction of sp³-hybridized carbons (Fsp3) is 0.571. The molecule has 1 fully saturated rings. The first-order chi connectivity index (χ1) is 9.20. The third-order valence-corrected chi connectivity index (χ3v) is 4.18. The van der Waals surface area contributed by atoms with Gasteiger partial charge in [0.05, 0.1) is 11.7 Å². The van der Waals surface area contributed by atoms with E-state index in [1.807, 2.05) is 43.8 Å². The van der Waals surface area contributed by atoms with Gasteiger partial charge in [-0.15, -0.1) is 0 Å². The van der Waals surface area contributed by atoms with Gasteiger partial charge in [-0.05, 0) is 19.1 Å². The van der Waals surface area contributed by atoms with E-state index < -0.39 is 0 Å². The molecule has 1 aromatic rings. The molecule has 2 heterocycles. The van der Waals surface area contributed by atoms with Gasteiger partial charge in [-0.3, -0.25) is 4.79 Å². The van der Waals surface area contributed by atoms with Gasteiger partial charge < -0.3 is 10.2 Å². The first-order valence-corrected chi connectivity index (χ1v) is 7.95. The molecule has 4 nitrogen and oxygen atoms in total. The van der Waals surface area contributed by atoms with Gasteiger partial charge in [0.15, 0.2) is 0 Å². The third kappa shape index (κ3) is 3.86. The minimum absolute atomic E-state index is 0.0356. The lowest BCUT2D eigenvalue weighted by molar-refractivity contribution is -0.121. The summed E-state index contributed by atoms with van der Waals surface area (Å²) in [5.41, 5.74) is 0.928. The smallest absolute Gasteiger partial charge is 0.220 e. The van der Waals surface area contributed by atoms with E-state index in [2.05, 4.69) is 15.2 Å². The molecule has 0 unspecified atom stereocenters. The van der Waals surface area contributed by atoms with E-state index >= 15 is 0 Å². The molecule has 1 N–H and O–H groups in total. The van der Waals surface area contributed by atoms with E-state index in [-0.39, 0.29) is 11.9 Å². The van der Waals surface area contributed by atoms with Gasteiger partial charge in [0.25, 0.3) is 0 Å². The van der Waals surface area contributed by atoms with Crippen LogP contribution < -0.4 is 10.2 Å². The van der Waals surface area contributed by atoms with E-state index in [9.17, 15) is 4.79 Å². The average molecular weight is 279 g/mol. The number of thioether (sulfide) groups is 1. The zero-order chi connectivity index (χ0) is 13.7. The fourth-order valence-corrected chi connectivity index (χ4v) is 2.97. The predicted molar refractivity (Wildman–Crippen MR) is 80.6 cm³/mol. The van der Waals surface area contributed by atoms with Crippen LogP contribution in [0.4, 0.5) is 5.82 Å². The van der Waals surface area contributed by atoms with Crippen LogP contribution in [0.5, 0.6) is 0 Å². The Labute approximate surface area is 119 Å². The van der Waals surface area contributed by atoms with Crippen molar-refractivity contribution in [3.05, 3.63) is 23.9 Å². The van der Waals surface area contributed by atoms with Crippen molar-refractivity contribution in [1.82, 2.24) is 10.3 Å². The summed E-state index contributed by atoms with van der Waals surface area (Å²) < 4.78 is 0. The number of hydrogen-bond donors (Lipinski definition) is 1. The number of nitrogens with one attached hydrogen (secondary N) is 1. The highest BCUT2D eigenvalue weighted by molar-refractivity contribution is 7.99. The summed E-state index contributed by atoms with van der Waals surface area (Å²) >= 11 is 1.99. The second-order valence-corrected chi connectivity index (χ2v) is 5.89. The summed E-state index contributed by atoms with van der Waals surface area (Å²) in [7, 11) is 0. The van der Waals surface area contributed by atoms with Crippen molar-refractivity contribution in [3.63, 3.8) is 0 Å². The molecule has 0 aromatic carbocycles. The van der Waals surface area contributed by atoms with Crippen LogP contribution in [0.15, 0.2) is 18.2 Å². The van der Waals surface area contributed by atoms with Crippen molar-refractivity contribution in [2.24, 2.45) is 0 Å². The summed E-state index contributed by atoms with van der Waals surface area (Å²) in [5.74, 6) is 3.41. The molecule has 1 aliphatic rings.